The predicted octanol–water partition coefficient (Wildman–Crippen LogP) is 2.03. The number of aromatic nitrogens is 5. The zero-order chi connectivity index (χ0) is 22.4. The maximum atomic E-state index is 13.3. The van der Waals surface area contributed by atoms with Gasteiger partial charge in [-0.3, -0.25) is 4.79 Å². The zero-order valence-electron chi connectivity index (χ0n) is 18.0. The van der Waals surface area contributed by atoms with E-state index in [1.807, 2.05) is 15.9 Å². The van der Waals surface area contributed by atoms with Gasteiger partial charge in [0.15, 0.2) is 5.76 Å². The van der Waals surface area contributed by atoms with Crippen molar-refractivity contribution in [1.29, 1.82) is 0 Å². The number of nitrogen functional groups attached to an aromatic ring is 1. The molecule has 10 heteroatoms. The Labute approximate surface area is 190 Å². The summed E-state index contributed by atoms with van der Waals surface area (Å²) < 4.78 is 6.76. The number of rotatable bonds is 5. The molecule has 2 fully saturated rings. The quantitative estimate of drug-likeness (QED) is 0.497. The van der Waals surface area contributed by atoms with Crippen molar-refractivity contribution in [3.63, 3.8) is 0 Å². The van der Waals surface area contributed by atoms with Crippen LogP contribution in [0.3, 0.4) is 0 Å². The Morgan fingerprint density at radius 2 is 1.94 bits per heavy atom. The van der Waals surface area contributed by atoms with Crippen LogP contribution in [-0.4, -0.2) is 61.0 Å². The summed E-state index contributed by atoms with van der Waals surface area (Å²) in [5.74, 6) is 2.47. The summed E-state index contributed by atoms with van der Waals surface area (Å²) in [5.41, 5.74) is 7.47. The van der Waals surface area contributed by atoms with E-state index in [-0.39, 0.29) is 17.9 Å². The molecule has 0 spiro atoms. The Balaban J connectivity index is 1.18. The van der Waals surface area contributed by atoms with E-state index >= 15 is 0 Å². The highest BCUT2D eigenvalue weighted by atomic mass is 16.3. The molecule has 2 N–H and O–H groups in total. The Morgan fingerprint density at radius 3 is 2.73 bits per heavy atom. The average molecular weight is 444 g/mol. The molecule has 2 saturated heterocycles. The molecular weight excluding hydrogens is 420 g/mol. The Bertz CT molecular complexity index is 1280. The minimum absolute atomic E-state index is 0.136. The molecule has 2 aliphatic rings. The third-order valence-electron chi connectivity index (χ3n) is 6.39. The average Bonchev–Trinajstić information content (AvgIpc) is 3.56. The molecule has 0 saturated carbocycles. The Hall–Kier alpha value is -3.95. The van der Waals surface area contributed by atoms with Gasteiger partial charge in [0.2, 0.25) is 23.6 Å². The van der Waals surface area contributed by atoms with Crippen LogP contribution in [-0.2, 0) is 11.2 Å². The van der Waals surface area contributed by atoms with E-state index < -0.39 is 0 Å². The molecule has 33 heavy (non-hydrogen) atoms. The van der Waals surface area contributed by atoms with E-state index in [1.165, 1.54) is 10.1 Å². The summed E-state index contributed by atoms with van der Waals surface area (Å²) >= 11 is 0. The van der Waals surface area contributed by atoms with Gasteiger partial charge in [-0.25, -0.2) is 0 Å². The molecule has 10 nitrogen and oxygen atoms in total. The lowest BCUT2D eigenvalue weighted by atomic mass is 9.91. The molecule has 168 valence electrons. The van der Waals surface area contributed by atoms with Crippen molar-refractivity contribution in [1.82, 2.24) is 29.5 Å². The number of carbonyl (C=O) groups is 1. The third kappa shape index (κ3) is 3.57. The van der Waals surface area contributed by atoms with E-state index in [0.717, 1.165) is 32.4 Å². The molecule has 1 amide bonds. The maximum Gasteiger partial charge on any atom is 0.259 e. The first kappa shape index (κ1) is 19.7. The largest absolute Gasteiger partial charge is 0.461 e. The lowest BCUT2D eigenvalue weighted by Crippen LogP contribution is -2.56. The molecule has 3 aromatic heterocycles. The predicted molar refractivity (Wildman–Crippen MR) is 121 cm³/mol. The van der Waals surface area contributed by atoms with Crippen LogP contribution < -0.4 is 10.6 Å². The van der Waals surface area contributed by atoms with Crippen molar-refractivity contribution in [3.8, 4) is 11.6 Å². The fourth-order valence-corrected chi connectivity index (χ4v) is 4.73. The summed E-state index contributed by atoms with van der Waals surface area (Å²) in [6.45, 7) is 2.28. The fraction of sp³-hybridized carbons (Fsp3) is 0.348. The van der Waals surface area contributed by atoms with E-state index in [9.17, 15) is 4.79 Å². The molecule has 0 unspecified atom stereocenters. The first-order chi connectivity index (χ1) is 16.2. The van der Waals surface area contributed by atoms with Crippen LogP contribution in [0.15, 0.2) is 53.1 Å². The van der Waals surface area contributed by atoms with Gasteiger partial charge in [0.1, 0.15) is 6.04 Å². The number of likely N-dealkylation sites (tertiary alicyclic amines) is 1. The van der Waals surface area contributed by atoms with Crippen LogP contribution in [0.25, 0.3) is 17.4 Å². The van der Waals surface area contributed by atoms with Gasteiger partial charge in [-0.1, -0.05) is 30.3 Å². The molecule has 2 aliphatic heterocycles. The van der Waals surface area contributed by atoms with E-state index in [2.05, 4.69) is 44.3 Å². The van der Waals surface area contributed by atoms with Crippen LogP contribution in [0.2, 0.25) is 0 Å². The highest BCUT2D eigenvalue weighted by molar-refractivity contribution is 5.86. The standard InChI is InChI=1S/C23H24N8O2/c24-21-26-22(27-23-25-19(28-31(21)23)18-9-5-11-33-18)30-10-4-8-17(30)20(32)29-13-16(14-29)12-15-6-2-1-3-7-15/h1-3,5-7,9,11,16-17H,4,8,10,12-14H2,(H2,24,25,26,27,28)/t17-/m0/s1. The SMILES string of the molecule is Nc1nc(N2CCC[C@H]2C(=O)N2CC(Cc3ccccc3)C2)nc2nc(-c3ccco3)nn12. The molecular formula is C23H24N8O2. The lowest BCUT2D eigenvalue weighted by molar-refractivity contribution is -0.138. The number of hydrogen-bond donors (Lipinski definition) is 1. The van der Waals surface area contributed by atoms with Crippen molar-refractivity contribution >= 4 is 23.6 Å². The van der Waals surface area contributed by atoms with Gasteiger partial charge in [-0.2, -0.15) is 19.5 Å². The molecule has 0 aliphatic carbocycles. The van der Waals surface area contributed by atoms with Crippen LogP contribution in [0.1, 0.15) is 18.4 Å². The number of nitrogens with zero attached hydrogens (tertiary/aromatic N) is 7. The molecule has 1 aromatic carbocycles. The monoisotopic (exact) mass is 444 g/mol. The molecule has 6 rings (SSSR count). The molecule has 0 bridgehead atoms. The van der Waals surface area contributed by atoms with E-state index in [0.29, 0.717) is 35.8 Å². The summed E-state index contributed by atoms with van der Waals surface area (Å²) in [5, 5.41) is 4.34. The summed E-state index contributed by atoms with van der Waals surface area (Å²) in [6, 6.07) is 13.7. The van der Waals surface area contributed by atoms with Crippen molar-refractivity contribution in [2.45, 2.75) is 25.3 Å². The zero-order valence-corrected chi connectivity index (χ0v) is 18.0. The first-order valence-corrected chi connectivity index (χ1v) is 11.2. The van der Waals surface area contributed by atoms with Crippen LogP contribution in [0.5, 0.6) is 0 Å². The number of nitrogens with two attached hydrogens (primary N) is 1. The highest BCUT2D eigenvalue weighted by Gasteiger charge is 2.40. The summed E-state index contributed by atoms with van der Waals surface area (Å²) in [4.78, 5) is 30.6. The maximum absolute atomic E-state index is 13.3. The highest BCUT2D eigenvalue weighted by Crippen LogP contribution is 2.29. The van der Waals surface area contributed by atoms with Gasteiger partial charge in [0, 0.05) is 19.6 Å². The van der Waals surface area contributed by atoms with Gasteiger partial charge in [0.05, 0.1) is 6.26 Å². The summed E-state index contributed by atoms with van der Waals surface area (Å²) in [6.07, 6.45) is 4.23. The van der Waals surface area contributed by atoms with Crippen LogP contribution in [0.4, 0.5) is 11.9 Å². The third-order valence-corrected chi connectivity index (χ3v) is 6.39. The van der Waals surface area contributed by atoms with Crippen LogP contribution in [0, 0.1) is 5.92 Å². The number of anilines is 2. The number of amides is 1. The Morgan fingerprint density at radius 1 is 1.09 bits per heavy atom. The normalized spacial score (nSPS) is 18.7. The van der Waals surface area contributed by atoms with E-state index in [4.69, 9.17) is 10.2 Å². The summed E-state index contributed by atoms with van der Waals surface area (Å²) in [7, 11) is 0. The number of furan rings is 1. The fourth-order valence-electron chi connectivity index (χ4n) is 4.73. The molecule has 0 radical (unpaired) electrons. The smallest absolute Gasteiger partial charge is 0.259 e. The van der Waals surface area contributed by atoms with Crippen molar-refractivity contribution in [3.05, 3.63) is 54.3 Å². The van der Waals surface area contributed by atoms with Crippen molar-refractivity contribution < 1.29 is 9.21 Å². The number of hydrogen-bond acceptors (Lipinski definition) is 8. The Kier molecular flexibility index (Phi) is 4.70. The van der Waals surface area contributed by atoms with E-state index in [1.54, 1.807) is 18.4 Å². The van der Waals surface area contributed by atoms with Gasteiger partial charge < -0.3 is 20.0 Å². The minimum Gasteiger partial charge on any atom is -0.461 e. The first-order valence-electron chi connectivity index (χ1n) is 11.2. The topological polar surface area (TPSA) is 119 Å². The van der Waals surface area contributed by atoms with Gasteiger partial charge in [0.25, 0.3) is 5.78 Å². The number of fused-ring (bicyclic) bond motifs is 1. The molecule has 1 atom stereocenters. The lowest BCUT2D eigenvalue weighted by Gasteiger charge is -2.42. The number of benzene rings is 1. The second-order valence-corrected chi connectivity index (χ2v) is 8.66. The van der Waals surface area contributed by atoms with Crippen molar-refractivity contribution in [2.24, 2.45) is 5.92 Å². The van der Waals surface area contributed by atoms with Crippen LogP contribution >= 0.6 is 0 Å². The molecule has 5 heterocycles. The van der Waals surface area contributed by atoms with Crippen molar-refractivity contribution in [2.75, 3.05) is 30.3 Å². The van der Waals surface area contributed by atoms with Gasteiger partial charge in [-0.05, 0) is 42.9 Å². The number of carbonyl (C=O) groups excluding carboxylic acids is 1. The molecule has 4 aromatic rings. The van der Waals surface area contributed by atoms with Gasteiger partial charge in [-0.15, -0.1) is 5.10 Å². The second-order valence-electron chi connectivity index (χ2n) is 8.66. The minimum atomic E-state index is -0.281. The van der Waals surface area contributed by atoms with Gasteiger partial charge >= 0.3 is 0 Å². The second kappa shape index (κ2) is 7.88.